The molecule has 0 aromatic rings. The van der Waals surface area contributed by atoms with Gasteiger partial charge in [0.15, 0.2) is 0 Å². The highest BCUT2D eigenvalue weighted by atomic mass is 19.1. The van der Waals surface area contributed by atoms with Gasteiger partial charge in [0, 0.05) is 0 Å². The van der Waals surface area contributed by atoms with Crippen LogP contribution in [-0.4, -0.2) is 6.67 Å². The number of hydrogen-bond donors (Lipinski definition) is 0. The van der Waals surface area contributed by atoms with Gasteiger partial charge in [0.2, 0.25) is 0 Å². The quantitative estimate of drug-likeness (QED) is 0.546. The summed E-state index contributed by atoms with van der Waals surface area (Å²) < 4.78 is 11.5. The lowest BCUT2D eigenvalue weighted by atomic mass is 10.4. The highest BCUT2D eigenvalue weighted by molar-refractivity contribution is 5.17. The predicted molar refractivity (Wildman–Crippen MR) is 52.7 cm³/mol. The first-order chi connectivity index (χ1) is 5.91. The van der Waals surface area contributed by atoms with Crippen molar-refractivity contribution in [2.75, 3.05) is 6.67 Å². The molecule has 0 heterocycles. The zero-order valence-electron chi connectivity index (χ0n) is 6.99. The van der Waals surface area contributed by atoms with E-state index >= 15 is 0 Å². The molecule has 0 unspecified atom stereocenters. The maximum Gasteiger partial charge on any atom is 0.108 e. The molecule has 0 fully saturated rings. The van der Waals surface area contributed by atoms with Gasteiger partial charge in [-0.25, -0.2) is 4.39 Å². The van der Waals surface area contributed by atoms with Gasteiger partial charge in [-0.2, -0.15) is 0 Å². The molecule has 0 radical (unpaired) electrons. The van der Waals surface area contributed by atoms with Crippen molar-refractivity contribution in [2.24, 2.45) is 0 Å². The Balaban J connectivity index is 3.58. The largest absolute Gasteiger partial charge is 0.247 e. The Kier molecular flexibility index (Phi) is 8.53. The molecule has 0 aliphatic carbocycles. The fraction of sp³-hybridized carbons (Fsp3) is 0.0909. The summed E-state index contributed by atoms with van der Waals surface area (Å²) in [5.74, 6) is 0. The number of allylic oxidation sites excluding steroid dienone is 9. The van der Waals surface area contributed by atoms with Crippen molar-refractivity contribution in [1.29, 1.82) is 0 Å². The summed E-state index contributed by atoms with van der Waals surface area (Å²) in [5, 5.41) is 0. The summed E-state index contributed by atoms with van der Waals surface area (Å²) in [7, 11) is 0. The monoisotopic (exact) mass is 164 g/mol. The van der Waals surface area contributed by atoms with Gasteiger partial charge in [0.1, 0.15) is 6.67 Å². The second kappa shape index (κ2) is 9.63. The van der Waals surface area contributed by atoms with Gasteiger partial charge in [-0.05, 0) is 0 Å². The molecule has 0 nitrogen and oxygen atoms in total. The molecular weight excluding hydrogens is 151 g/mol. The lowest BCUT2D eigenvalue weighted by Gasteiger charge is -1.73. The van der Waals surface area contributed by atoms with Crippen LogP contribution in [0.25, 0.3) is 0 Å². The van der Waals surface area contributed by atoms with Crippen molar-refractivity contribution < 1.29 is 4.39 Å². The zero-order chi connectivity index (χ0) is 9.07. The zero-order valence-corrected chi connectivity index (χ0v) is 6.99. The molecule has 0 rings (SSSR count). The van der Waals surface area contributed by atoms with Gasteiger partial charge in [-0.3, -0.25) is 0 Å². The molecule has 1 heteroatoms. The number of hydrogen-bond acceptors (Lipinski definition) is 0. The molecule has 64 valence electrons. The highest BCUT2D eigenvalue weighted by Crippen LogP contribution is 1.82. The predicted octanol–water partition coefficient (Wildman–Crippen LogP) is 3.37. The first-order valence-electron chi connectivity index (χ1n) is 3.75. The van der Waals surface area contributed by atoms with Crippen LogP contribution < -0.4 is 0 Å². The molecule has 0 spiro atoms. The smallest absolute Gasteiger partial charge is 0.108 e. The maximum absolute atomic E-state index is 11.5. The molecule has 0 aromatic heterocycles. The fourth-order valence-electron chi connectivity index (χ4n) is 0.529. The van der Waals surface area contributed by atoms with Crippen LogP contribution in [-0.2, 0) is 0 Å². The van der Waals surface area contributed by atoms with Gasteiger partial charge >= 0.3 is 0 Å². The summed E-state index contributed by atoms with van der Waals surface area (Å²) in [6, 6.07) is 0. The van der Waals surface area contributed by atoms with E-state index in [9.17, 15) is 4.39 Å². The van der Waals surface area contributed by atoms with Gasteiger partial charge in [0.05, 0.1) is 0 Å². The fourth-order valence-corrected chi connectivity index (χ4v) is 0.529. The van der Waals surface area contributed by atoms with Crippen molar-refractivity contribution >= 4 is 0 Å². The Hall–Kier alpha value is -1.37. The summed E-state index contributed by atoms with van der Waals surface area (Å²) in [6.07, 6.45) is 15.9. The van der Waals surface area contributed by atoms with E-state index < -0.39 is 6.67 Å². The molecule has 0 bridgehead atoms. The SMILES string of the molecule is C=C/C=C/C=C/C=C/C=C/CF. The molecular formula is C11H13F. The molecule has 0 aromatic carbocycles. The van der Waals surface area contributed by atoms with Crippen LogP contribution >= 0.6 is 0 Å². The number of alkyl halides is 1. The van der Waals surface area contributed by atoms with E-state index in [1.54, 1.807) is 18.2 Å². The van der Waals surface area contributed by atoms with Crippen LogP contribution in [0.4, 0.5) is 4.39 Å². The minimum Gasteiger partial charge on any atom is -0.247 e. The third-order valence-electron chi connectivity index (χ3n) is 1.03. The lowest BCUT2D eigenvalue weighted by Crippen LogP contribution is -1.57. The van der Waals surface area contributed by atoms with Crippen molar-refractivity contribution in [3.63, 3.8) is 0 Å². The normalized spacial score (nSPS) is 12.8. The lowest BCUT2D eigenvalue weighted by molar-refractivity contribution is 0.562. The molecule has 0 atom stereocenters. The minimum absolute atomic E-state index is 0.412. The van der Waals surface area contributed by atoms with Crippen molar-refractivity contribution in [2.45, 2.75) is 0 Å². The van der Waals surface area contributed by atoms with Crippen molar-refractivity contribution in [3.8, 4) is 0 Å². The van der Waals surface area contributed by atoms with Crippen LogP contribution in [0.5, 0.6) is 0 Å². The Bertz CT molecular complexity index is 207. The second-order valence-corrected chi connectivity index (χ2v) is 1.97. The van der Waals surface area contributed by atoms with Crippen LogP contribution in [0.2, 0.25) is 0 Å². The first kappa shape index (κ1) is 10.6. The van der Waals surface area contributed by atoms with E-state index in [2.05, 4.69) is 6.58 Å². The summed E-state index contributed by atoms with van der Waals surface area (Å²) >= 11 is 0. The van der Waals surface area contributed by atoms with E-state index in [0.717, 1.165) is 0 Å². The van der Waals surface area contributed by atoms with Gasteiger partial charge in [-0.1, -0.05) is 61.3 Å². The third-order valence-corrected chi connectivity index (χ3v) is 1.03. The van der Waals surface area contributed by atoms with Crippen LogP contribution in [0.15, 0.2) is 61.3 Å². The molecule has 0 saturated heterocycles. The Labute approximate surface area is 73.1 Å². The highest BCUT2D eigenvalue weighted by Gasteiger charge is 1.64. The number of rotatable bonds is 5. The summed E-state index contributed by atoms with van der Waals surface area (Å²) in [4.78, 5) is 0. The Morgan fingerprint density at radius 1 is 0.833 bits per heavy atom. The first-order valence-corrected chi connectivity index (χ1v) is 3.75. The van der Waals surface area contributed by atoms with E-state index in [1.807, 2.05) is 30.4 Å². The molecule has 0 aliphatic heterocycles. The van der Waals surface area contributed by atoms with Crippen molar-refractivity contribution in [1.82, 2.24) is 0 Å². The molecule has 0 saturated carbocycles. The minimum atomic E-state index is -0.412. The topological polar surface area (TPSA) is 0 Å². The molecule has 0 amide bonds. The maximum atomic E-state index is 11.5. The molecule has 0 N–H and O–H groups in total. The van der Waals surface area contributed by atoms with Gasteiger partial charge in [0.25, 0.3) is 0 Å². The van der Waals surface area contributed by atoms with Gasteiger partial charge < -0.3 is 0 Å². The molecule has 12 heavy (non-hydrogen) atoms. The van der Waals surface area contributed by atoms with E-state index in [1.165, 1.54) is 6.08 Å². The van der Waals surface area contributed by atoms with Crippen molar-refractivity contribution in [3.05, 3.63) is 61.3 Å². The standard InChI is InChI=1S/C11H13F/c1-2-3-4-5-6-7-8-9-10-11-12/h2-10H,1,11H2/b4-3+,6-5+,8-7+,10-9+. The average molecular weight is 164 g/mol. The van der Waals surface area contributed by atoms with E-state index in [0.29, 0.717) is 0 Å². The third kappa shape index (κ3) is 8.63. The summed E-state index contributed by atoms with van der Waals surface area (Å²) in [5.41, 5.74) is 0. The Morgan fingerprint density at radius 2 is 1.33 bits per heavy atom. The number of halogens is 1. The average Bonchev–Trinajstić information content (AvgIpc) is 2.10. The van der Waals surface area contributed by atoms with Crippen LogP contribution in [0, 0.1) is 0 Å². The van der Waals surface area contributed by atoms with Gasteiger partial charge in [-0.15, -0.1) is 0 Å². The Morgan fingerprint density at radius 3 is 1.83 bits per heavy atom. The van der Waals surface area contributed by atoms with E-state index in [-0.39, 0.29) is 0 Å². The molecule has 0 aliphatic rings. The van der Waals surface area contributed by atoms with Crippen LogP contribution in [0.1, 0.15) is 0 Å². The van der Waals surface area contributed by atoms with Crippen LogP contribution in [0.3, 0.4) is 0 Å². The summed E-state index contributed by atoms with van der Waals surface area (Å²) in [6.45, 7) is 3.12. The van der Waals surface area contributed by atoms with E-state index in [4.69, 9.17) is 0 Å². The second-order valence-electron chi connectivity index (χ2n) is 1.97.